The van der Waals surface area contributed by atoms with Crippen LogP contribution in [0, 0.1) is 5.92 Å². The summed E-state index contributed by atoms with van der Waals surface area (Å²) in [5.41, 5.74) is 1.36. The van der Waals surface area contributed by atoms with Crippen molar-refractivity contribution in [1.82, 2.24) is 24.4 Å². The number of rotatable bonds is 3. The molecule has 0 saturated carbocycles. The second-order valence-electron chi connectivity index (χ2n) is 6.77. The Hall–Kier alpha value is -2.81. The maximum Gasteiger partial charge on any atom is 0.262 e. The van der Waals surface area contributed by atoms with Gasteiger partial charge in [-0.15, -0.1) is 10.2 Å². The number of hydrogen-bond donors (Lipinski definition) is 0. The highest BCUT2D eigenvalue weighted by Gasteiger charge is 2.33. The van der Waals surface area contributed by atoms with E-state index in [4.69, 9.17) is 0 Å². The minimum Gasteiger partial charge on any atom is -0.355 e. The molecule has 0 bridgehead atoms. The topological polar surface area (TPSA) is 80.0 Å². The number of anilines is 2. The summed E-state index contributed by atoms with van der Waals surface area (Å²) in [4.78, 5) is 16.6. The van der Waals surface area contributed by atoms with Crippen molar-refractivity contribution in [2.45, 2.75) is 19.9 Å². The normalized spacial score (nSPS) is 19.4. The first-order chi connectivity index (χ1) is 12.7. The molecule has 0 N–H and O–H groups in total. The lowest BCUT2D eigenvalue weighted by Gasteiger charge is -2.16. The Kier molecular flexibility index (Phi) is 3.49. The zero-order chi connectivity index (χ0) is 17.7. The van der Waals surface area contributed by atoms with Crippen molar-refractivity contribution >= 4 is 28.3 Å². The number of carbonyl (C=O) groups is 1. The summed E-state index contributed by atoms with van der Waals surface area (Å²) in [7, 11) is 0. The number of hydrogen-bond acceptors (Lipinski definition) is 7. The Morgan fingerprint density at radius 2 is 2.04 bits per heavy atom. The van der Waals surface area contributed by atoms with E-state index < -0.39 is 0 Å². The van der Waals surface area contributed by atoms with Gasteiger partial charge in [0.05, 0.1) is 17.8 Å². The molecule has 26 heavy (non-hydrogen) atoms. The van der Waals surface area contributed by atoms with E-state index in [-0.39, 0.29) is 5.91 Å². The molecule has 0 unspecified atom stereocenters. The third kappa shape index (κ3) is 2.47. The van der Waals surface area contributed by atoms with Crippen LogP contribution in [0.15, 0.2) is 30.6 Å². The minimum atomic E-state index is -0.0499. The van der Waals surface area contributed by atoms with Gasteiger partial charge in [0.1, 0.15) is 5.00 Å². The van der Waals surface area contributed by atoms with Crippen LogP contribution in [0.1, 0.15) is 29.4 Å². The third-order valence-electron chi connectivity index (χ3n) is 4.88. The summed E-state index contributed by atoms with van der Waals surface area (Å²) in [5.74, 6) is 2.15. The summed E-state index contributed by atoms with van der Waals surface area (Å²) in [6, 6.07) is 5.71. The van der Waals surface area contributed by atoms with Crippen molar-refractivity contribution in [1.29, 1.82) is 0 Å². The van der Waals surface area contributed by atoms with Crippen molar-refractivity contribution < 1.29 is 4.79 Å². The van der Waals surface area contributed by atoms with Gasteiger partial charge in [0.25, 0.3) is 5.91 Å². The number of fused-ring (bicyclic) bond motifs is 1. The van der Waals surface area contributed by atoms with E-state index in [0.717, 1.165) is 29.6 Å². The number of aromatic nitrogens is 5. The second-order valence-corrected chi connectivity index (χ2v) is 7.58. The van der Waals surface area contributed by atoms with Crippen LogP contribution in [-0.4, -0.2) is 43.3 Å². The SMILES string of the molecule is C[C@H]1CCN(c2ccc(-n3cc4c(n3)CN(c3ccns3)C4=O)nn2)C1. The molecule has 0 aliphatic carbocycles. The number of amides is 1. The van der Waals surface area contributed by atoms with Crippen molar-refractivity contribution in [3.05, 3.63) is 41.9 Å². The average molecular weight is 367 g/mol. The molecule has 132 valence electrons. The maximum atomic E-state index is 12.6. The smallest absolute Gasteiger partial charge is 0.262 e. The fourth-order valence-electron chi connectivity index (χ4n) is 3.47. The highest BCUT2D eigenvalue weighted by Crippen LogP contribution is 2.30. The average Bonchev–Trinajstić information content (AvgIpc) is 3.41. The van der Waals surface area contributed by atoms with E-state index in [1.54, 1.807) is 22.0 Å². The van der Waals surface area contributed by atoms with Crippen LogP contribution in [0.3, 0.4) is 0 Å². The van der Waals surface area contributed by atoms with Gasteiger partial charge in [-0.05, 0) is 42.1 Å². The molecular formula is C17H17N7OS. The summed E-state index contributed by atoms with van der Waals surface area (Å²) >= 11 is 1.31. The van der Waals surface area contributed by atoms with Gasteiger partial charge in [-0.1, -0.05) is 6.92 Å². The van der Waals surface area contributed by atoms with E-state index in [0.29, 0.717) is 23.8 Å². The van der Waals surface area contributed by atoms with Crippen LogP contribution < -0.4 is 9.80 Å². The van der Waals surface area contributed by atoms with E-state index in [1.807, 2.05) is 18.2 Å². The van der Waals surface area contributed by atoms with Crippen molar-refractivity contribution in [2.24, 2.45) is 5.92 Å². The molecule has 1 fully saturated rings. The molecule has 2 aliphatic rings. The van der Waals surface area contributed by atoms with Gasteiger partial charge in [-0.25, -0.2) is 4.68 Å². The van der Waals surface area contributed by atoms with E-state index in [1.165, 1.54) is 18.0 Å². The summed E-state index contributed by atoms with van der Waals surface area (Å²) in [6.45, 7) is 4.75. The Labute approximate surface area is 154 Å². The first-order valence-corrected chi connectivity index (χ1v) is 9.36. The fraction of sp³-hybridized carbons (Fsp3) is 0.353. The van der Waals surface area contributed by atoms with Crippen LogP contribution in [0.2, 0.25) is 0 Å². The predicted octanol–water partition coefficient (Wildman–Crippen LogP) is 2.13. The van der Waals surface area contributed by atoms with E-state index in [9.17, 15) is 4.79 Å². The lowest BCUT2D eigenvalue weighted by molar-refractivity contribution is 0.0997. The third-order valence-corrected chi connectivity index (χ3v) is 5.65. The largest absolute Gasteiger partial charge is 0.355 e. The van der Waals surface area contributed by atoms with Crippen molar-refractivity contribution in [3.63, 3.8) is 0 Å². The summed E-state index contributed by atoms with van der Waals surface area (Å²) < 4.78 is 5.69. The Morgan fingerprint density at radius 1 is 1.19 bits per heavy atom. The van der Waals surface area contributed by atoms with Gasteiger partial charge in [0.2, 0.25) is 0 Å². The first-order valence-electron chi connectivity index (χ1n) is 8.59. The molecule has 3 aromatic heterocycles. The van der Waals surface area contributed by atoms with Gasteiger partial charge in [-0.3, -0.25) is 9.69 Å². The van der Waals surface area contributed by atoms with Gasteiger partial charge < -0.3 is 4.90 Å². The molecule has 5 heterocycles. The highest BCUT2D eigenvalue weighted by atomic mass is 32.1. The molecule has 0 spiro atoms. The Morgan fingerprint density at radius 3 is 2.69 bits per heavy atom. The summed E-state index contributed by atoms with van der Waals surface area (Å²) in [6.07, 6.45) is 4.62. The number of carbonyl (C=O) groups excluding carboxylic acids is 1. The first kappa shape index (κ1) is 15.4. The quantitative estimate of drug-likeness (QED) is 0.705. The van der Waals surface area contributed by atoms with Gasteiger partial charge in [0.15, 0.2) is 11.6 Å². The molecule has 2 aliphatic heterocycles. The lowest BCUT2D eigenvalue weighted by Crippen LogP contribution is -2.23. The zero-order valence-electron chi connectivity index (χ0n) is 14.2. The van der Waals surface area contributed by atoms with E-state index >= 15 is 0 Å². The molecule has 1 atom stereocenters. The molecule has 0 radical (unpaired) electrons. The number of nitrogens with zero attached hydrogens (tertiary/aromatic N) is 7. The molecule has 9 heteroatoms. The molecule has 0 aromatic carbocycles. The monoisotopic (exact) mass is 367 g/mol. The summed E-state index contributed by atoms with van der Waals surface area (Å²) in [5, 5.41) is 14.0. The molecule has 5 rings (SSSR count). The maximum absolute atomic E-state index is 12.6. The molecule has 8 nitrogen and oxygen atoms in total. The Balaban J connectivity index is 1.37. The fourth-order valence-corrected chi connectivity index (χ4v) is 4.07. The lowest BCUT2D eigenvalue weighted by atomic mass is 10.2. The molecular weight excluding hydrogens is 350 g/mol. The van der Waals surface area contributed by atoms with Crippen LogP contribution in [0.25, 0.3) is 5.82 Å². The van der Waals surface area contributed by atoms with Crippen LogP contribution >= 0.6 is 11.5 Å². The molecule has 3 aromatic rings. The van der Waals surface area contributed by atoms with Crippen molar-refractivity contribution in [3.8, 4) is 5.82 Å². The minimum absolute atomic E-state index is 0.0499. The van der Waals surface area contributed by atoms with Crippen LogP contribution in [-0.2, 0) is 6.54 Å². The Bertz CT molecular complexity index is 950. The van der Waals surface area contributed by atoms with E-state index in [2.05, 4.69) is 31.5 Å². The molecule has 1 amide bonds. The van der Waals surface area contributed by atoms with Gasteiger partial charge >= 0.3 is 0 Å². The van der Waals surface area contributed by atoms with Gasteiger partial charge in [0, 0.05) is 25.5 Å². The highest BCUT2D eigenvalue weighted by molar-refractivity contribution is 7.10. The van der Waals surface area contributed by atoms with Gasteiger partial charge in [-0.2, -0.15) is 9.47 Å². The van der Waals surface area contributed by atoms with Crippen LogP contribution in [0.4, 0.5) is 10.8 Å². The second kappa shape index (κ2) is 5.87. The molecule has 1 saturated heterocycles. The van der Waals surface area contributed by atoms with Crippen molar-refractivity contribution in [2.75, 3.05) is 22.9 Å². The zero-order valence-corrected chi connectivity index (χ0v) is 15.1. The predicted molar refractivity (Wildman–Crippen MR) is 97.8 cm³/mol. The standard InChI is InChI=1S/C17H17N7OS/c1-11-5-7-22(8-11)14-2-3-15(20-19-14)24-9-12-13(21-24)10-23(17(12)25)16-4-6-18-26-16/h2-4,6,9,11H,5,7-8,10H2,1H3/t11-/m0/s1. The van der Waals surface area contributed by atoms with Crippen LogP contribution in [0.5, 0.6) is 0 Å².